The molecule has 1 aliphatic heterocycles. The largest absolute Gasteiger partial charge is 0.453 e. The molecule has 0 unspecified atom stereocenters. The van der Waals surface area contributed by atoms with Crippen molar-refractivity contribution in [3.8, 4) is 11.5 Å². The van der Waals surface area contributed by atoms with Crippen molar-refractivity contribution in [2.75, 3.05) is 42.9 Å². The second-order valence-electron chi connectivity index (χ2n) is 7.81. The Kier molecular flexibility index (Phi) is 4.75. The predicted octanol–water partition coefficient (Wildman–Crippen LogP) is 5.09. The van der Waals surface area contributed by atoms with E-state index in [1.807, 2.05) is 79.3 Å². The van der Waals surface area contributed by atoms with Gasteiger partial charge in [-0.3, -0.25) is 9.69 Å². The van der Waals surface area contributed by atoms with Crippen molar-refractivity contribution >= 4 is 28.7 Å². The van der Waals surface area contributed by atoms with Gasteiger partial charge in [0.15, 0.2) is 11.5 Å². The zero-order chi connectivity index (χ0) is 19.8. The minimum Gasteiger partial charge on any atom is -0.453 e. The number of hydrogen-bond donors (Lipinski definition) is 0. The maximum atomic E-state index is 13.5. The van der Waals surface area contributed by atoms with E-state index < -0.39 is 0 Å². The molecule has 0 N–H and O–H groups in total. The summed E-state index contributed by atoms with van der Waals surface area (Å²) >= 11 is 0. The second-order valence-corrected chi connectivity index (χ2v) is 7.81. The monoisotopic (exact) mass is 377 g/mol. The smallest absolute Gasteiger partial charge is 0.258 e. The van der Waals surface area contributed by atoms with Gasteiger partial charge in [-0.1, -0.05) is 6.08 Å². The number of ether oxygens (including phenoxy) is 1. The molecule has 2 aliphatic rings. The molecule has 0 spiro atoms. The van der Waals surface area contributed by atoms with Gasteiger partial charge < -0.3 is 14.5 Å². The third-order valence-corrected chi connectivity index (χ3v) is 5.39. The molecule has 0 fully saturated rings. The predicted molar refractivity (Wildman–Crippen MR) is 115 cm³/mol. The third kappa shape index (κ3) is 3.21. The Morgan fingerprint density at radius 2 is 1.46 bits per heavy atom. The van der Waals surface area contributed by atoms with Crippen molar-refractivity contribution in [2.24, 2.45) is 0 Å². The Bertz CT molecular complexity index is 889. The average Bonchev–Trinajstić information content (AvgIpc) is 2.71. The van der Waals surface area contributed by atoms with E-state index in [0.717, 1.165) is 54.0 Å². The number of anilines is 4. The molecule has 0 saturated carbocycles. The summed E-state index contributed by atoms with van der Waals surface area (Å²) < 4.78 is 6.26. The van der Waals surface area contributed by atoms with Gasteiger partial charge >= 0.3 is 0 Å². The highest BCUT2D eigenvalue weighted by Gasteiger charge is 2.32. The van der Waals surface area contributed by atoms with Crippen LogP contribution in [-0.2, 0) is 4.79 Å². The average molecular weight is 377 g/mol. The van der Waals surface area contributed by atoms with Crippen molar-refractivity contribution in [3.63, 3.8) is 0 Å². The summed E-state index contributed by atoms with van der Waals surface area (Å²) in [5, 5.41) is 0. The lowest BCUT2D eigenvalue weighted by atomic mass is 9.97. The van der Waals surface area contributed by atoms with E-state index in [2.05, 4.69) is 6.08 Å². The van der Waals surface area contributed by atoms with Crippen LogP contribution in [0.2, 0.25) is 0 Å². The van der Waals surface area contributed by atoms with E-state index in [1.165, 1.54) is 0 Å². The zero-order valence-corrected chi connectivity index (χ0v) is 17.0. The normalized spacial score (nSPS) is 15.1. The van der Waals surface area contributed by atoms with Gasteiger partial charge in [-0.15, -0.1) is 0 Å². The number of fused-ring (bicyclic) bond motifs is 2. The number of allylic oxidation sites excluding steroid dienone is 1. The van der Waals surface area contributed by atoms with E-state index in [1.54, 1.807) is 0 Å². The van der Waals surface area contributed by atoms with Crippen LogP contribution in [0, 0.1) is 0 Å². The van der Waals surface area contributed by atoms with Gasteiger partial charge in [-0.05, 0) is 49.9 Å². The van der Waals surface area contributed by atoms with Crippen LogP contribution in [0.3, 0.4) is 0 Å². The zero-order valence-electron chi connectivity index (χ0n) is 17.0. The number of benzene rings is 2. The van der Waals surface area contributed by atoms with Gasteiger partial charge in [0.05, 0.1) is 11.4 Å². The molecule has 146 valence electrons. The molecule has 0 bridgehead atoms. The van der Waals surface area contributed by atoms with E-state index in [0.29, 0.717) is 11.5 Å². The standard InChI is InChI=1S/C23H27N3O2/c1-24(2)17-10-12-19-21(14-17)28-22-15-18(25(3)4)11-13-20(22)26(19)23(27)16-8-6-5-7-9-16/h8,10-15H,5-7,9H2,1-4H3. The van der Waals surface area contributed by atoms with Gasteiger partial charge in [0.2, 0.25) is 0 Å². The summed E-state index contributed by atoms with van der Waals surface area (Å²) in [6, 6.07) is 12.0. The van der Waals surface area contributed by atoms with Crippen LogP contribution in [-0.4, -0.2) is 34.1 Å². The van der Waals surface area contributed by atoms with Crippen LogP contribution in [0.1, 0.15) is 25.7 Å². The number of carbonyl (C=O) groups excluding carboxylic acids is 1. The number of hydrogen-bond acceptors (Lipinski definition) is 4. The van der Waals surface area contributed by atoms with Gasteiger partial charge in [0, 0.05) is 57.3 Å². The topological polar surface area (TPSA) is 36.0 Å². The number of carbonyl (C=O) groups is 1. The summed E-state index contributed by atoms with van der Waals surface area (Å²) in [6.45, 7) is 0. The third-order valence-electron chi connectivity index (χ3n) is 5.39. The molecular weight excluding hydrogens is 350 g/mol. The SMILES string of the molecule is CN(C)c1ccc2c(c1)Oc1cc(N(C)C)ccc1N2C(=O)C1=CCCCC1. The first-order chi connectivity index (χ1) is 13.5. The lowest BCUT2D eigenvalue weighted by molar-refractivity contribution is -0.114. The maximum Gasteiger partial charge on any atom is 0.258 e. The maximum absolute atomic E-state index is 13.5. The summed E-state index contributed by atoms with van der Waals surface area (Å²) in [4.78, 5) is 19.4. The fourth-order valence-corrected chi connectivity index (χ4v) is 3.74. The van der Waals surface area contributed by atoms with Crippen LogP contribution in [0.4, 0.5) is 22.7 Å². The highest BCUT2D eigenvalue weighted by atomic mass is 16.5. The van der Waals surface area contributed by atoms with Crippen molar-refractivity contribution in [1.29, 1.82) is 0 Å². The van der Waals surface area contributed by atoms with E-state index in [-0.39, 0.29) is 5.91 Å². The Labute approximate surface area is 166 Å². The number of nitrogens with zero attached hydrogens (tertiary/aromatic N) is 3. The lowest BCUT2D eigenvalue weighted by Crippen LogP contribution is -2.30. The first-order valence-electron chi connectivity index (χ1n) is 9.80. The van der Waals surface area contributed by atoms with Crippen molar-refractivity contribution in [3.05, 3.63) is 48.0 Å². The van der Waals surface area contributed by atoms with Crippen molar-refractivity contribution in [1.82, 2.24) is 0 Å². The van der Waals surface area contributed by atoms with Gasteiger partial charge in [0.25, 0.3) is 5.91 Å². The molecule has 1 heterocycles. The molecule has 2 aromatic rings. The number of amides is 1. The van der Waals surface area contributed by atoms with E-state index >= 15 is 0 Å². The summed E-state index contributed by atoms with van der Waals surface area (Å²) in [5.74, 6) is 1.47. The van der Waals surface area contributed by atoms with Crippen LogP contribution in [0.25, 0.3) is 0 Å². The number of rotatable bonds is 3. The second kappa shape index (κ2) is 7.23. The first-order valence-corrected chi connectivity index (χ1v) is 9.80. The molecule has 5 nitrogen and oxygen atoms in total. The Morgan fingerprint density at radius 3 is 1.93 bits per heavy atom. The van der Waals surface area contributed by atoms with Gasteiger partial charge in [0.1, 0.15) is 0 Å². The van der Waals surface area contributed by atoms with Crippen LogP contribution < -0.4 is 19.4 Å². The van der Waals surface area contributed by atoms with Crippen molar-refractivity contribution < 1.29 is 9.53 Å². The molecule has 0 radical (unpaired) electrons. The fourth-order valence-electron chi connectivity index (χ4n) is 3.74. The quantitative estimate of drug-likeness (QED) is 0.746. The molecule has 5 heteroatoms. The Hall–Kier alpha value is -2.95. The summed E-state index contributed by atoms with van der Waals surface area (Å²) in [7, 11) is 7.99. The first kappa shape index (κ1) is 18.4. The highest BCUT2D eigenvalue weighted by molar-refractivity contribution is 6.13. The fraction of sp³-hybridized carbons (Fsp3) is 0.348. The minimum absolute atomic E-state index is 0.0562. The van der Waals surface area contributed by atoms with Gasteiger partial charge in [-0.25, -0.2) is 0 Å². The Balaban J connectivity index is 1.84. The molecule has 1 amide bonds. The van der Waals surface area contributed by atoms with E-state index in [9.17, 15) is 4.79 Å². The molecule has 28 heavy (non-hydrogen) atoms. The molecule has 1 aliphatic carbocycles. The van der Waals surface area contributed by atoms with Gasteiger partial charge in [-0.2, -0.15) is 0 Å². The Morgan fingerprint density at radius 1 is 0.893 bits per heavy atom. The van der Waals surface area contributed by atoms with Crippen LogP contribution >= 0.6 is 0 Å². The van der Waals surface area contributed by atoms with Crippen molar-refractivity contribution in [2.45, 2.75) is 25.7 Å². The molecular formula is C23H27N3O2. The lowest BCUT2D eigenvalue weighted by Gasteiger charge is -2.33. The minimum atomic E-state index is 0.0562. The molecule has 0 atom stereocenters. The van der Waals surface area contributed by atoms with Crippen LogP contribution in [0.15, 0.2) is 48.0 Å². The van der Waals surface area contributed by atoms with E-state index in [4.69, 9.17) is 4.74 Å². The molecule has 0 aromatic heterocycles. The highest BCUT2D eigenvalue weighted by Crippen LogP contribution is 2.49. The summed E-state index contributed by atoms with van der Waals surface area (Å²) in [6.07, 6.45) is 6.14. The molecule has 4 rings (SSSR count). The molecule has 2 aromatic carbocycles. The van der Waals surface area contributed by atoms with Crippen LogP contribution in [0.5, 0.6) is 11.5 Å². The summed E-state index contributed by atoms with van der Waals surface area (Å²) in [5.41, 5.74) is 4.57. The molecule has 0 saturated heterocycles.